The van der Waals surface area contributed by atoms with Crippen molar-refractivity contribution >= 4 is 17.3 Å². The lowest BCUT2D eigenvalue weighted by atomic mass is 10.2. The molecule has 0 fully saturated rings. The van der Waals surface area contributed by atoms with Crippen molar-refractivity contribution in [1.29, 1.82) is 0 Å². The van der Waals surface area contributed by atoms with Crippen molar-refractivity contribution in [2.45, 2.75) is 26.3 Å². The minimum Gasteiger partial charge on any atom is -0.370 e. The van der Waals surface area contributed by atoms with E-state index in [1.165, 1.54) is 5.56 Å². The third kappa shape index (κ3) is 2.68. The van der Waals surface area contributed by atoms with Crippen LogP contribution in [0.5, 0.6) is 0 Å². The van der Waals surface area contributed by atoms with Crippen LogP contribution >= 0.6 is 11.6 Å². The first-order valence-corrected chi connectivity index (χ1v) is 5.04. The van der Waals surface area contributed by atoms with Gasteiger partial charge in [-0.25, -0.2) is 0 Å². The molecule has 0 saturated heterocycles. The predicted octanol–water partition coefficient (Wildman–Crippen LogP) is 3.47. The summed E-state index contributed by atoms with van der Waals surface area (Å²) in [5.41, 5.74) is 2.08. The number of halogens is 1. The number of nitrogens with one attached hydrogen (secondary N) is 1. The van der Waals surface area contributed by atoms with Gasteiger partial charge in [0.1, 0.15) is 0 Å². The van der Waals surface area contributed by atoms with Crippen LogP contribution in [0.15, 0.2) is 18.2 Å². The van der Waals surface area contributed by atoms with Crippen molar-refractivity contribution in [2.75, 3.05) is 5.32 Å². The quantitative estimate of drug-likeness (QED) is 0.749. The van der Waals surface area contributed by atoms with Crippen molar-refractivity contribution in [1.82, 2.24) is 0 Å². The Labute approximate surface area is 90.5 Å². The van der Waals surface area contributed by atoms with Crippen molar-refractivity contribution in [2.24, 2.45) is 0 Å². The maximum Gasteiger partial charge on any atom is 0.0872 e. The summed E-state index contributed by atoms with van der Waals surface area (Å²) in [6.07, 6.45) is 6.25. The van der Waals surface area contributed by atoms with E-state index >= 15 is 0 Å². The van der Waals surface area contributed by atoms with E-state index in [1.54, 1.807) is 0 Å². The standard InChI is InChI=1S/C12H14ClN/c1-4-10(5-2)14-12-8-9(3)6-7-11(12)13/h1,6-8,10,14H,5H2,2-3H3. The van der Waals surface area contributed by atoms with Gasteiger partial charge >= 0.3 is 0 Å². The summed E-state index contributed by atoms with van der Waals surface area (Å²) in [6.45, 7) is 4.07. The van der Waals surface area contributed by atoms with Crippen molar-refractivity contribution in [3.8, 4) is 12.3 Å². The monoisotopic (exact) mass is 207 g/mol. The second-order valence-corrected chi connectivity index (χ2v) is 3.66. The molecule has 0 heterocycles. The smallest absolute Gasteiger partial charge is 0.0872 e. The van der Waals surface area contributed by atoms with E-state index in [1.807, 2.05) is 32.0 Å². The molecule has 0 aliphatic heterocycles. The Kier molecular flexibility index (Phi) is 3.85. The van der Waals surface area contributed by atoms with Gasteiger partial charge in [0.2, 0.25) is 0 Å². The second-order valence-electron chi connectivity index (χ2n) is 3.26. The van der Waals surface area contributed by atoms with E-state index in [9.17, 15) is 0 Å². The molecule has 0 saturated carbocycles. The van der Waals surface area contributed by atoms with Crippen LogP contribution in [0, 0.1) is 19.3 Å². The van der Waals surface area contributed by atoms with Crippen LogP contribution in [-0.4, -0.2) is 6.04 Å². The van der Waals surface area contributed by atoms with Gasteiger partial charge in [0.25, 0.3) is 0 Å². The Balaban J connectivity index is 2.86. The van der Waals surface area contributed by atoms with Gasteiger partial charge in [0.15, 0.2) is 0 Å². The van der Waals surface area contributed by atoms with Gasteiger partial charge in [-0.15, -0.1) is 6.42 Å². The van der Waals surface area contributed by atoms with Crippen LogP contribution in [0.3, 0.4) is 0 Å². The van der Waals surface area contributed by atoms with E-state index in [4.69, 9.17) is 18.0 Å². The molecule has 0 amide bonds. The molecule has 1 aromatic carbocycles. The van der Waals surface area contributed by atoms with Gasteiger partial charge in [-0.3, -0.25) is 0 Å². The molecule has 1 atom stereocenters. The van der Waals surface area contributed by atoms with E-state index in [0.717, 1.165) is 12.1 Å². The highest BCUT2D eigenvalue weighted by Gasteiger charge is 2.04. The number of rotatable bonds is 3. The summed E-state index contributed by atoms with van der Waals surface area (Å²) in [5.74, 6) is 2.68. The number of hydrogen-bond acceptors (Lipinski definition) is 1. The van der Waals surface area contributed by atoms with Gasteiger partial charge in [-0.2, -0.15) is 0 Å². The number of anilines is 1. The van der Waals surface area contributed by atoms with E-state index in [-0.39, 0.29) is 6.04 Å². The lowest BCUT2D eigenvalue weighted by molar-refractivity contribution is 0.858. The number of terminal acetylenes is 1. The van der Waals surface area contributed by atoms with Crippen LogP contribution in [0.2, 0.25) is 5.02 Å². The number of hydrogen-bond donors (Lipinski definition) is 1. The fourth-order valence-corrected chi connectivity index (χ4v) is 1.37. The van der Waals surface area contributed by atoms with Crippen LogP contribution in [-0.2, 0) is 0 Å². The summed E-state index contributed by atoms with van der Waals surface area (Å²) in [6, 6.07) is 5.91. The molecular formula is C12H14ClN. The first kappa shape index (κ1) is 10.9. The molecule has 1 aromatic rings. The summed E-state index contributed by atoms with van der Waals surface area (Å²) in [7, 11) is 0. The summed E-state index contributed by atoms with van der Waals surface area (Å²) in [4.78, 5) is 0. The number of benzene rings is 1. The summed E-state index contributed by atoms with van der Waals surface area (Å²) < 4.78 is 0. The third-order valence-corrected chi connectivity index (χ3v) is 2.39. The van der Waals surface area contributed by atoms with Gasteiger partial charge in [0.05, 0.1) is 16.8 Å². The molecule has 1 rings (SSSR count). The highest BCUT2D eigenvalue weighted by Crippen LogP contribution is 2.23. The summed E-state index contributed by atoms with van der Waals surface area (Å²) in [5, 5.41) is 3.93. The Bertz CT molecular complexity index is 352. The molecule has 0 aromatic heterocycles. The van der Waals surface area contributed by atoms with Gasteiger partial charge in [-0.05, 0) is 31.0 Å². The topological polar surface area (TPSA) is 12.0 Å². The highest BCUT2D eigenvalue weighted by atomic mass is 35.5. The largest absolute Gasteiger partial charge is 0.370 e. The van der Waals surface area contributed by atoms with E-state index in [0.29, 0.717) is 5.02 Å². The molecule has 1 nitrogen and oxygen atoms in total. The lowest BCUT2D eigenvalue weighted by Gasteiger charge is -2.13. The Morgan fingerprint density at radius 2 is 2.29 bits per heavy atom. The fraction of sp³-hybridized carbons (Fsp3) is 0.333. The first-order valence-electron chi connectivity index (χ1n) is 4.66. The average molecular weight is 208 g/mol. The highest BCUT2D eigenvalue weighted by molar-refractivity contribution is 6.33. The van der Waals surface area contributed by atoms with E-state index in [2.05, 4.69) is 11.2 Å². The predicted molar refractivity (Wildman–Crippen MR) is 62.7 cm³/mol. The first-order chi connectivity index (χ1) is 6.67. The third-order valence-electron chi connectivity index (χ3n) is 2.06. The minimum atomic E-state index is 0.0503. The Morgan fingerprint density at radius 1 is 1.57 bits per heavy atom. The molecule has 0 bridgehead atoms. The van der Waals surface area contributed by atoms with Crippen molar-refractivity contribution in [3.63, 3.8) is 0 Å². The lowest BCUT2D eigenvalue weighted by Crippen LogP contribution is -2.15. The average Bonchev–Trinajstić information content (AvgIpc) is 2.19. The molecule has 74 valence electrons. The molecule has 0 aliphatic carbocycles. The maximum atomic E-state index is 6.02. The molecule has 1 N–H and O–H groups in total. The van der Waals surface area contributed by atoms with Crippen LogP contribution in [0.4, 0.5) is 5.69 Å². The second kappa shape index (κ2) is 4.93. The van der Waals surface area contributed by atoms with Crippen molar-refractivity contribution < 1.29 is 0 Å². The molecule has 0 spiro atoms. The SMILES string of the molecule is C#CC(CC)Nc1cc(C)ccc1Cl. The zero-order valence-corrected chi connectivity index (χ0v) is 9.23. The number of aryl methyl sites for hydroxylation is 1. The van der Waals surface area contributed by atoms with Crippen molar-refractivity contribution in [3.05, 3.63) is 28.8 Å². The van der Waals surface area contributed by atoms with Gasteiger partial charge in [0, 0.05) is 0 Å². The van der Waals surface area contributed by atoms with Crippen LogP contribution < -0.4 is 5.32 Å². The Hall–Kier alpha value is -1.13. The molecule has 0 radical (unpaired) electrons. The Morgan fingerprint density at radius 3 is 2.86 bits per heavy atom. The molecule has 1 unspecified atom stereocenters. The maximum absolute atomic E-state index is 6.02. The summed E-state index contributed by atoms with van der Waals surface area (Å²) >= 11 is 6.02. The molecule has 0 aliphatic rings. The molecule has 14 heavy (non-hydrogen) atoms. The van der Waals surface area contributed by atoms with Gasteiger partial charge in [-0.1, -0.05) is 30.5 Å². The normalized spacial score (nSPS) is 11.9. The van der Waals surface area contributed by atoms with Gasteiger partial charge < -0.3 is 5.32 Å². The zero-order chi connectivity index (χ0) is 10.6. The van der Waals surface area contributed by atoms with E-state index < -0.39 is 0 Å². The molecule has 2 heteroatoms. The van der Waals surface area contributed by atoms with Crippen LogP contribution in [0.25, 0.3) is 0 Å². The zero-order valence-electron chi connectivity index (χ0n) is 8.47. The molecular weight excluding hydrogens is 194 g/mol. The van der Waals surface area contributed by atoms with Crippen LogP contribution in [0.1, 0.15) is 18.9 Å². The minimum absolute atomic E-state index is 0.0503. The fourth-order valence-electron chi connectivity index (χ4n) is 1.20.